The van der Waals surface area contributed by atoms with Crippen LogP contribution in [0.25, 0.3) is 0 Å². The highest BCUT2D eigenvalue weighted by molar-refractivity contribution is 7.98. The maximum absolute atomic E-state index is 13.1. The van der Waals surface area contributed by atoms with Gasteiger partial charge in [0.2, 0.25) is 0 Å². The minimum Gasteiger partial charge on any atom is -0.490 e. The molecule has 0 fully saturated rings. The number of thioether (sulfide) groups is 1. The van der Waals surface area contributed by atoms with E-state index in [0.29, 0.717) is 26.3 Å². The Balaban J connectivity index is 1.87. The van der Waals surface area contributed by atoms with Crippen molar-refractivity contribution >= 4 is 17.7 Å². The average Bonchev–Trinajstić information content (AvgIpc) is 2.68. The highest BCUT2D eigenvalue weighted by Crippen LogP contribution is 2.34. The summed E-state index contributed by atoms with van der Waals surface area (Å²) in [6.45, 7) is 8.44. The number of carbonyl (C=O) groups is 1. The second kappa shape index (κ2) is 8.70. The van der Waals surface area contributed by atoms with Crippen LogP contribution in [0.15, 0.2) is 35.2 Å². The average molecular weight is 386 g/mol. The van der Waals surface area contributed by atoms with Crippen LogP contribution < -0.4 is 9.47 Å². The summed E-state index contributed by atoms with van der Waals surface area (Å²) in [5.74, 6) is 1.65. The quantitative estimate of drug-likeness (QED) is 0.675. The number of fused-ring (bicyclic) bond motifs is 1. The van der Waals surface area contributed by atoms with Crippen LogP contribution in [0, 0.1) is 6.92 Å². The predicted molar refractivity (Wildman–Crippen MR) is 110 cm³/mol. The second-order valence-electron chi connectivity index (χ2n) is 6.59. The fourth-order valence-corrected chi connectivity index (χ4v) is 3.84. The molecule has 0 N–H and O–H groups in total. The number of hydrogen-bond acceptors (Lipinski definition) is 4. The molecule has 0 unspecified atom stereocenters. The molecule has 0 bridgehead atoms. The minimum absolute atomic E-state index is 0.0981. The lowest BCUT2D eigenvalue weighted by atomic mass is 9.97. The molecular formula is C22H27NO3S. The molecule has 144 valence electrons. The SMILES string of the molecule is CCOc1cc2c(cc1OCC)CN(C(=O)c1cc(SC)ccc1C)CC2. The second-order valence-corrected chi connectivity index (χ2v) is 7.47. The van der Waals surface area contributed by atoms with Crippen LogP contribution in [-0.4, -0.2) is 36.8 Å². The van der Waals surface area contributed by atoms with Gasteiger partial charge in [-0.05, 0) is 74.4 Å². The topological polar surface area (TPSA) is 38.8 Å². The highest BCUT2D eigenvalue weighted by Gasteiger charge is 2.25. The van der Waals surface area contributed by atoms with Crippen molar-refractivity contribution in [2.24, 2.45) is 0 Å². The Bertz CT molecular complexity index is 835. The zero-order valence-corrected chi connectivity index (χ0v) is 17.3. The van der Waals surface area contributed by atoms with Crippen molar-refractivity contribution in [1.29, 1.82) is 0 Å². The number of ether oxygens (including phenoxy) is 2. The summed E-state index contributed by atoms with van der Waals surface area (Å²) in [7, 11) is 0. The van der Waals surface area contributed by atoms with Crippen LogP contribution in [0.4, 0.5) is 0 Å². The van der Waals surface area contributed by atoms with Gasteiger partial charge in [-0.3, -0.25) is 4.79 Å². The Labute approximate surface area is 165 Å². The lowest BCUT2D eigenvalue weighted by Crippen LogP contribution is -2.36. The molecule has 0 saturated carbocycles. The molecule has 27 heavy (non-hydrogen) atoms. The lowest BCUT2D eigenvalue weighted by Gasteiger charge is -2.30. The van der Waals surface area contributed by atoms with E-state index in [2.05, 4.69) is 12.1 Å². The zero-order valence-electron chi connectivity index (χ0n) is 16.5. The van der Waals surface area contributed by atoms with Gasteiger partial charge in [-0.1, -0.05) is 6.07 Å². The first-order valence-electron chi connectivity index (χ1n) is 9.42. The highest BCUT2D eigenvalue weighted by atomic mass is 32.2. The van der Waals surface area contributed by atoms with Gasteiger partial charge in [0, 0.05) is 23.5 Å². The van der Waals surface area contributed by atoms with Crippen molar-refractivity contribution in [3.63, 3.8) is 0 Å². The van der Waals surface area contributed by atoms with E-state index < -0.39 is 0 Å². The number of carbonyl (C=O) groups excluding carboxylic acids is 1. The van der Waals surface area contributed by atoms with Crippen molar-refractivity contribution < 1.29 is 14.3 Å². The molecule has 4 nitrogen and oxygen atoms in total. The summed E-state index contributed by atoms with van der Waals surface area (Å²) in [5.41, 5.74) is 4.19. The van der Waals surface area contributed by atoms with Crippen LogP contribution in [0.2, 0.25) is 0 Å². The van der Waals surface area contributed by atoms with E-state index in [1.54, 1.807) is 11.8 Å². The van der Waals surface area contributed by atoms with E-state index in [0.717, 1.165) is 39.5 Å². The van der Waals surface area contributed by atoms with Crippen molar-refractivity contribution in [2.45, 2.75) is 38.6 Å². The van der Waals surface area contributed by atoms with Gasteiger partial charge in [-0.2, -0.15) is 0 Å². The van der Waals surface area contributed by atoms with E-state index in [4.69, 9.17) is 9.47 Å². The van der Waals surface area contributed by atoms with E-state index >= 15 is 0 Å². The van der Waals surface area contributed by atoms with Crippen LogP contribution >= 0.6 is 11.8 Å². The molecule has 1 amide bonds. The first-order chi connectivity index (χ1) is 13.1. The minimum atomic E-state index is 0.0981. The molecule has 0 aliphatic carbocycles. The molecule has 0 aromatic heterocycles. The molecular weight excluding hydrogens is 358 g/mol. The lowest BCUT2D eigenvalue weighted by molar-refractivity contribution is 0.0733. The van der Waals surface area contributed by atoms with E-state index in [1.165, 1.54) is 5.56 Å². The number of hydrogen-bond donors (Lipinski definition) is 0. The maximum atomic E-state index is 13.1. The molecule has 0 saturated heterocycles. The standard InChI is InChI=1S/C22H27NO3S/c1-5-25-20-11-16-9-10-23(14-17(16)12-21(20)26-6-2)22(24)19-13-18(27-4)8-7-15(19)3/h7-8,11-13H,5-6,9-10,14H2,1-4H3. The van der Waals surface area contributed by atoms with Crippen molar-refractivity contribution in [3.8, 4) is 11.5 Å². The Kier molecular flexibility index (Phi) is 6.32. The van der Waals surface area contributed by atoms with Crippen molar-refractivity contribution in [3.05, 3.63) is 52.6 Å². The summed E-state index contributed by atoms with van der Waals surface area (Å²) in [6.07, 6.45) is 2.86. The number of nitrogens with zero attached hydrogens (tertiary/aromatic N) is 1. The van der Waals surface area contributed by atoms with Gasteiger partial charge in [0.15, 0.2) is 11.5 Å². The molecule has 0 spiro atoms. The third-order valence-electron chi connectivity index (χ3n) is 4.84. The number of amides is 1. The van der Waals surface area contributed by atoms with Gasteiger partial charge in [0.25, 0.3) is 5.91 Å². The summed E-state index contributed by atoms with van der Waals surface area (Å²) >= 11 is 1.66. The van der Waals surface area contributed by atoms with Gasteiger partial charge >= 0.3 is 0 Å². The first-order valence-corrected chi connectivity index (χ1v) is 10.6. The Morgan fingerprint density at radius 2 is 1.74 bits per heavy atom. The van der Waals surface area contributed by atoms with Crippen LogP contribution in [0.1, 0.15) is 40.9 Å². The molecule has 0 radical (unpaired) electrons. The summed E-state index contributed by atoms with van der Waals surface area (Å²) in [5, 5.41) is 0. The van der Waals surface area contributed by atoms with E-state index in [1.807, 2.05) is 50.1 Å². The molecule has 5 heteroatoms. The van der Waals surface area contributed by atoms with Crippen molar-refractivity contribution in [2.75, 3.05) is 26.0 Å². The molecule has 1 aliphatic heterocycles. The molecule has 2 aromatic carbocycles. The molecule has 1 aliphatic rings. The molecule has 1 heterocycles. The Morgan fingerprint density at radius 3 is 2.37 bits per heavy atom. The third kappa shape index (κ3) is 4.24. The fourth-order valence-electron chi connectivity index (χ4n) is 3.40. The first kappa shape index (κ1) is 19.6. The Morgan fingerprint density at radius 1 is 1.07 bits per heavy atom. The Hall–Kier alpha value is -2.14. The third-order valence-corrected chi connectivity index (χ3v) is 5.57. The molecule has 0 atom stereocenters. The van der Waals surface area contributed by atoms with E-state index in [-0.39, 0.29) is 5.91 Å². The van der Waals surface area contributed by atoms with Gasteiger partial charge in [-0.15, -0.1) is 11.8 Å². The van der Waals surface area contributed by atoms with Gasteiger partial charge in [0.05, 0.1) is 13.2 Å². The van der Waals surface area contributed by atoms with Gasteiger partial charge in [-0.25, -0.2) is 0 Å². The fraction of sp³-hybridized carbons (Fsp3) is 0.409. The van der Waals surface area contributed by atoms with Gasteiger partial charge in [0.1, 0.15) is 0 Å². The zero-order chi connectivity index (χ0) is 19.4. The smallest absolute Gasteiger partial charge is 0.254 e. The van der Waals surface area contributed by atoms with Crippen molar-refractivity contribution in [1.82, 2.24) is 4.90 Å². The van der Waals surface area contributed by atoms with Crippen LogP contribution in [0.5, 0.6) is 11.5 Å². The predicted octanol–water partition coefficient (Wildman–Crippen LogP) is 4.71. The molecule has 3 rings (SSSR count). The summed E-state index contributed by atoms with van der Waals surface area (Å²) in [6, 6.07) is 10.2. The summed E-state index contributed by atoms with van der Waals surface area (Å²) < 4.78 is 11.5. The number of benzene rings is 2. The number of aryl methyl sites for hydroxylation is 1. The van der Waals surface area contributed by atoms with Gasteiger partial charge < -0.3 is 14.4 Å². The maximum Gasteiger partial charge on any atom is 0.254 e. The van der Waals surface area contributed by atoms with E-state index in [9.17, 15) is 4.79 Å². The number of rotatable bonds is 6. The van der Waals surface area contributed by atoms with Crippen LogP contribution in [-0.2, 0) is 13.0 Å². The normalized spacial score (nSPS) is 13.3. The monoisotopic (exact) mass is 385 g/mol. The molecule has 2 aromatic rings. The summed E-state index contributed by atoms with van der Waals surface area (Å²) in [4.78, 5) is 16.2. The van der Waals surface area contributed by atoms with Crippen LogP contribution in [0.3, 0.4) is 0 Å². The largest absolute Gasteiger partial charge is 0.490 e.